The van der Waals surface area contributed by atoms with Crippen LogP contribution in [0.15, 0.2) is 18.2 Å². The molecule has 28 heteroatoms. The summed E-state index contributed by atoms with van der Waals surface area (Å²) < 4.78 is 41.4. The van der Waals surface area contributed by atoms with Gasteiger partial charge in [-0.25, -0.2) is 0 Å². The number of piperidine rings is 1. The monoisotopic (exact) mass is 1370 g/mol. The fourth-order valence-corrected chi connectivity index (χ4v) is 14.6. The number of benzene rings is 1. The van der Waals surface area contributed by atoms with E-state index in [2.05, 4.69) is 16.0 Å². The Morgan fingerprint density at radius 2 is 1.24 bits per heavy atom. The van der Waals surface area contributed by atoms with Gasteiger partial charge in [-0.2, -0.15) is 13.2 Å². The normalized spacial score (nSPS) is 26.4. The van der Waals surface area contributed by atoms with E-state index in [9.17, 15) is 41.9 Å². The van der Waals surface area contributed by atoms with Crippen LogP contribution >= 0.6 is 11.6 Å². The van der Waals surface area contributed by atoms with Crippen molar-refractivity contribution in [2.75, 3.05) is 88.6 Å². The van der Waals surface area contributed by atoms with Crippen LogP contribution in [0.3, 0.4) is 0 Å². The zero-order chi connectivity index (χ0) is 71.3. The van der Waals surface area contributed by atoms with E-state index >= 15 is 28.8 Å². The lowest BCUT2D eigenvalue weighted by molar-refractivity contribution is -0.157. The number of likely N-dealkylation sites (N-methyl/N-ethyl adjacent to an activating group) is 7. The first-order valence-corrected chi connectivity index (χ1v) is 34.7. The van der Waals surface area contributed by atoms with E-state index in [0.29, 0.717) is 70.0 Å². The summed E-state index contributed by atoms with van der Waals surface area (Å²) in [4.78, 5) is 188. The second-order valence-electron chi connectivity index (χ2n) is 27.8. The van der Waals surface area contributed by atoms with Crippen LogP contribution in [0.2, 0.25) is 5.02 Å². The number of aryl methyl sites for hydroxylation is 1. The molecule has 3 saturated heterocycles. The van der Waals surface area contributed by atoms with E-state index in [1.807, 2.05) is 20.8 Å². The Kier molecular flexibility index (Phi) is 28.0. The molecule has 3 aliphatic heterocycles. The molecule has 0 radical (unpaired) electrons. The Balaban J connectivity index is 1.42. The van der Waals surface area contributed by atoms with Crippen molar-refractivity contribution in [3.8, 4) is 0 Å². The molecule has 1 aromatic carbocycles. The number of carbonyl (C=O) groups excluding carboxylic acids is 12. The number of hydrogen-bond donors (Lipinski definition) is 3. The summed E-state index contributed by atoms with van der Waals surface area (Å²) in [6.45, 7) is 8.01. The maximum Gasteiger partial charge on any atom is 0.417 e. The highest BCUT2D eigenvalue weighted by atomic mass is 35.5. The molecule has 24 nitrogen and oxygen atoms in total. The zero-order valence-corrected chi connectivity index (χ0v) is 59.1. The third-order valence-electron chi connectivity index (χ3n) is 20.5. The fraction of sp³-hybridized carbons (Fsp3) is 0.735. The van der Waals surface area contributed by atoms with Crippen molar-refractivity contribution in [2.24, 2.45) is 17.8 Å². The molecule has 8 atom stereocenters. The van der Waals surface area contributed by atoms with E-state index < -0.39 is 173 Å². The van der Waals surface area contributed by atoms with E-state index in [1.54, 1.807) is 18.7 Å². The molecule has 5 aliphatic rings. The van der Waals surface area contributed by atoms with Gasteiger partial charge in [0.1, 0.15) is 47.8 Å². The molecular weight excluding hydrogens is 1270 g/mol. The number of fused-ring (bicyclic) bond motifs is 1. The lowest BCUT2D eigenvalue weighted by atomic mass is 9.81. The van der Waals surface area contributed by atoms with Crippen LogP contribution in [0.4, 0.5) is 13.2 Å². The first kappa shape index (κ1) is 77.9. The van der Waals surface area contributed by atoms with Crippen LogP contribution in [-0.2, 0) is 70.1 Å². The zero-order valence-electron chi connectivity index (χ0n) is 58.3. The molecule has 3 N–H and O–H groups in total. The highest BCUT2D eigenvalue weighted by molar-refractivity contribution is 6.31. The van der Waals surface area contributed by atoms with Gasteiger partial charge in [0.05, 0.1) is 36.6 Å². The number of hydrogen-bond acceptors (Lipinski definition) is 12. The van der Waals surface area contributed by atoms with Crippen molar-refractivity contribution in [3.05, 3.63) is 34.3 Å². The number of rotatable bonds is 10. The van der Waals surface area contributed by atoms with E-state index in [1.165, 1.54) is 75.0 Å². The van der Waals surface area contributed by atoms with Crippen molar-refractivity contribution in [1.29, 1.82) is 0 Å². The first-order valence-electron chi connectivity index (χ1n) is 34.3. The third kappa shape index (κ3) is 19.2. The summed E-state index contributed by atoms with van der Waals surface area (Å²) in [5.74, 6) is -8.91. The Morgan fingerprint density at radius 3 is 1.83 bits per heavy atom. The molecule has 5 fully saturated rings. The van der Waals surface area contributed by atoms with E-state index in [0.717, 1.165) is 57.4 Å². The van der Waals surface area contributed by atoms with Crippen LogP contribution in [0.1, 0.15) is 168 Å². The Bertz CT molecular complexity index is 2990. The van der Waals surface area contributed by atoms with Gasteiger partial charge in [-0.05, 0) is 119 Å². The topological polar surface area (TPSA) is 270 Å². The van der Waals surface area contributed by atoms with E-state index in [4.69, 9.17) is 11.6 Å². The van der Waals surface area contributed by atoms with Gasteiger partial charge in [0, 0.05) is 69.0 Å². The summed E-state index contributed by atoms with van der Waals surface area (Å²) >= 11 is 6.12. The summed E-state index contributed by atoms with van der Waals surface area (Å²) in [5.41, 5.74) is -2.35. The lowest BCUT2D eigenvalue weighted by Gasteiger charge is -2.43. The van der Waals surface area contributed by atoms with Gasteiger partial charge in [0.2, 0.25) is 70.9 Å². The van der Waals surface area contributed by atoms with Gasteiger partial charge in [0.25, 0.3) is 0 Å². The van der Waals surface area contributed by atoms with Crippen LogP contribution in [-0.4, -0.2) is 251 Å². The van der Waals surface area contributed by atoms with Crippen LogP contribution in [0.25, 0.3) is 0 Å². The molecule has 96 heavy (non-hydrogen) atoms. The summed E-state index contributed by atoms with van der Waals surface area (Å²) in [7, 11) is 9.81. The molecule has 1 spiro atoms. The van der Waals surface area contributed by atoms with Crippen LogP contribution in [0, 0.1) is 17.8 Å². The maximum atomic E-state index is 15.8. The Hall–Kier alpha value is -7.06. The molecular formula is C68H104ClF3N12O12. The maximum absolute atomic E-state index is 15.8. The molecule has 536 valence electrons. The second-order valence-corrected chi connectivity index (χ2v) is 28.2. The second kappa shape index (κ2) is 34.4. The third-order valence-corrected chi connectivity index (χ3v) is 20.8. The first-order chi connectivity index (χ1) is 45.2. The molecule has 1 unspecified atom stereocenters. The van der Waals surface area contributed by atoms with Crippen molar-refractivity contribution in [1.82, 2.24) is 60.0 Å². The van der Waals surface area contributed by atoms with Crippen LogP contribution in [0.5, 0.6) is 0 Å². The highest BCUT2D eigenvalue weighted by Gasteiger charge is 2.51. The van der Waals surface area contributed by atoms with Crippen molar-refractivity contribution in [3.63, 3.8) is 0 Å². The number of halogens is 4. The average Bonchev–Trinajstić information content (AvgIpc) is 1.02. The molecule has 3 heterocycles. The smallest absolute Gasteiger partial charge is 0.343 e. The summed E-state index contributed by atoms with van der Waals surface area (Å²) in [5, 5.41) is 8.08. The van der Waals surface area contributed by atoms with Gasteiger partial charge < -0.3 is 60.0 Å². The van der Waals surface area contributed by atoms with Crippen molar-refractivity contribution < 1.29 is 70.7 Å². The van der Waals surface area contributed by atoms with Gasteiger partial charge >= 0.3 is 6.18 Å². The standard InChI is InChI=1S/C68H104ClF3N12O12/c1-13-43(5)57-64(94)78(8)40-55(87)76(6)41-56(88)79(9)49(14-2)62(92)77(7)39-53(85)73-48(30-28-44-27-29-46(47(69)37-44)68(70,71)72)61(91)84-35-23-26-50(84)60(90)75-67(31-19-20-32-67)66(96)82(12)58(45-24-17-15-18-25-45)65(95)81(11)52(63(93)83-33-21-16-22-34-83)38-54(86)80(10)51(36-42(3)4)59(89)74-57/h27,29,37,42-43,45,48-52,57-58H,13-26,28,30-36,38-41H2,1-12H3,(H,73,85)(H,74,89)(H,75,90)/t43-,48-,49-,50?,51-,52-,57-,58-/m0/s1. The van der Waals surface area contributed by atoms with Gasteiger partial charge in [-0.15, -0.1) is 0 Å². The number of nitrogens with one attached hydrogen (secondary N) is 3. The number of nitrogens with zero attached hydrogens (tertiary/aromatic N) is 9. The molecule has 12 amide bonds. The van der Waals surface area contributed by atoms with Crippen LogP contribution < -0.4 is 16.0 Å². The lowest BCUT2D eigenvalue weighted by Crippen LogP contribution is -2.65. The molecule has 0 bridgehead atoms. The van der Waals surface area contributed by atoms with E-state index in [-0.39, 0.29) is 57.4 Å². The molecule has 1 aromatic rings. The minimum Gasteiger partial charge on any atom is -0.343 e. The average molecular weight is 1370 g/mol. The quantitative estimate of drug-likeness (QED) is 0.284. The molecule has 2 saturated carbocycles. The predicted octanol–water partition coefficient (Wildman–Crippen LogP) is 4.86. The summed E-state index contributed by atoms with van der Waals surface area (Å²) in [6, 6.07) is -5.59. The SMILES string of the molecule is CC[C@H](C)[C@@H]1NC(=O)[C@H](CC(C)C)N(C)C(=O)C[C@@H](C(=O)N2CCCCC2)N(C)C(=O)[C@H](C2CCCCC2)N(C)C(=O)C2(CCCC2)NC(=O)C2CCCN2C(=O)[C@H](CCc2ccc(C(F)(F)F)c(Cl)c2)NC(=O)CN(C)C(=O)[C@H](CC)N(C)C(=O)CN(C)C(=O)CN(C)C1=O. The van der Waals surface area contributed by atoms with Gasteiger partial charge in [0.15, 0.2) is 0 Å². The fourth-order valence-electron chi connectivity index (χ4n) is 14.3. The highest BCUT2D eigenvalue weighted by Crippen LogP contribution is 2.38. The van der Waals surface area contributed by atoms with Crippen molar-refractivity contribution in [2.45, 2.75) is 217 Å². The minimum atomic E-state index is -4.76. The van der Waals surface area contributed by atoms with Gasteiger partial charge in [-0.3, -0.25) is 57.5 Å². The Morgan fingerprint density at radius 1 is 0.635 bits per heavy atom. The number of likely N-dealkylation sites (tertiary alicyclic amines) is 1. The number of alkyl halides is 3. The minimum absolute atomic E-state index is 0.0350. The molecule has 6 rings (SSSR count). The summed E-state index contributed by atoms with van der Waals surface area (Å²) in [6.07, 6.45) is 2.57. The number of amides is 12. The number of carbonyl (C=O) groups is 12. The Labute approximate surface area is 568 Å². The predicted molar refractivity (Wildman–Crippen MR) is 353 cm³/mol. The molecule has 2 aliphatic carbocycles. The van der Waals surface area contributed by atoms with Crippen molar-refractivity contribution >= 4 is 82.5 Å². The largest absolute Gasteiger partial charge is 0.417 e. The molecule has 0 aromatic heterocycles. The van der Waals surface area contributed by atoms with Gasteiger partial charge in [-0.1, -0.05) is 90.8 Å².